The van der Waals surface area contributed by atoms with Gasteiger partial charge in [0.15, 0.2) is 0 Å². The van der Waals surface area contributed by atoms with Gasteiger partial charge in [0.2, 0.25) is 0 Å². The molecule has 0 nitrogen and oxygen atoms in total. The van der Waals surface area contributed by atoms with Gasteiger partial charge in [0.25, 0.3) is 0 Å². The topological polar surface area (TPSA) is 0 Å². The highest BCUT2D eigenvalue weighted by molar-refractivity contribution is 6.21. The quantitative estimate of drug-likeness (QED) is 0.677. The molecule has 0 fully saturated rings. The van der Waals surface area contributed by atoms with Crippen molar-refractivity contribution in [2.75, 3.05) is 0 Å². The lowest BCUT2D eigenvalue weighted by atomic mass is 10.0. The summed E-state index contributed by atoms with van der Waals surface area (Å²) in [6, 6.07) is 18.3. The molecule has 0 spiro atoms. The van der Waals surface area contributed by atoms with E-state index in [1.54, 1.807) is 12.1 Å². The molecular weight excluding hydrogens is 223 g/mol. The molecular formula is C14H12ClF. The Kier molecular flexibility index (Phi) is 3.58. The Morgan fingerprint density at radius 3 is 1.69 bits per heavy atom. The summed E-state index contributed by atoms with van der Waals surface area (Å²) < 4.78 is 14.1. The second-order valence-corrected chi connectivity index (χ2v) is 4.10. The first-order valence-corrected chi connectivity index (χ1v) is 5.60. The molecule has 0 aliphatic rings. The second kappa shape index (κ2) is 5.13. The van der Waals surface area contributed by atoms with Crippen molar-refractivity contribution in [3.8, 4) is 0 Å². The van der Waals surface area contributed by atoms with Crippen molar-refractivity contribution in [1.82, 2.24) is 0 Å². The molecule has 82 valence electrons. The summed E-state index contributed by atoms with van der Waals surface area (Å²) in [5, 5.41) is -0.636. The Morgan fingerprint density at radius 2 is 1.19 bits per heavy atom. The van der Waals surface area contributed by atoms with E-state index in [9.17, 15) is 4.39 Å². The number of hydrogen-bond donors (Lipinski definition) is 0. The third-order valence-electron chi connectivity index (χ3n) is 2.49. The van der Waals surface area contributed by atoms with Crippen LogP contribution in [-0.4, -0.2) is 0 Å². The van der Waals surface area contributed by atoms with E-state index in [1.165, 1.54) is 0 Å². The van der Waals surface area contributed by atoms with Gasteiger partial charge in [0.1, 0.15) is 6.17 Å². The van der Waals surface area contributed by atoms with Crippen molar-refractivity contribution < 1.29 is 4.39 Å². The first-order valence-electron chi connectivity index (χ1n) is 5.17. The summed E-state index contributed by atoms with van der Waals surface area (Å²) in [6.45, 7) is 0. The van der Waals surface area contributed by atoms with E-state index in [0.717, 1.165) is 5.56 Å². The number of rotatable bonds is 3. The first kappa shape index (κ1) is 11.2. The SMILES string of the molecule is FC(c1ccccc1)C(Cl)c1ccccc1. The van der Waals surface area contributed by atoms with Gasteiger partial charge in [-0.15, -0.1) is 11.6 Å². The Bertz CT molecular complexity index is 384. The lowest BCUT2D eigenvalue weighted by Crippen LogP contribution is -2.00. The van der Waals surface area contributed by atoms with Crippen molar-refractivity contribution in [2.24, 2.45) is 0 Å². The monoisotopic (exact) mass is 234 g/mol. The van der Waals surface area contributed by atoms with E-state index < -0.39 is 11.5 Å². The molecule has 0 aliphatic heterocycles. The average Bonchev–Trinajstić information content (AvgIpc) is 2.39. The zero-order valence-corrected chi connectivity index (χ0v) is 9.44. The minimum Gasteiger partial charge on any atom is -0.240 e. The number of hydrogen-bond acceptors (Lipinski definition) is 0. The molecule has 2 rings (SSSR count). The number of benzene rings is 2. The Labute approximate surface area is 99.7 Å². The summed E-state index contributed by atoms with van der Waals surface area (Å²) in [5.74, 6) is 0. The summed E-state index contributed by atoms with van der Waals surface area (Å²) in [6.07, 6.45) is -1.18. The van der Waals surface area contributed by atoms with Crippen molar-refractivity contribution in [3.63, 3.8) is 0 Å². The molecule has 0 saturated heterocycles. The van der Waals surface area contributed by atoms with Crippen LogP contribution in [0, 0.1) is 0 Å². The Balaban J connectivity index is 2.20. The Hall–Kier alpha value is -1.34. The smallest absolute Gasteiger partial charge is 0.145 e. The lowest BCUT2D eigenvalue weighted by Gasteiger charge is -2.15. The predicted molar refractivity (Wildman–Crippen MR) is 65.3 cm³/mol. The van der Waals surface area contributed by atoms with E-state index >= 15 is 0 Å². The molecule has 0 saturated carbocycles. The fourth-order valence-electron chi connectivity index (χ4n) is 1.61. The largest absolute Gasteiger partial charge is 0.240 e. The van der Waals surface area contributed by atoms with Gasteiger partial charge in [-0.25, -0.2) is 4.39 Å². The van der Waals surface area contributed by atoms with Crippen molar-refractivity contribution in [3.05, 3.63) is 71.8 Å². The Morgan fingerprint density at radius 1 is 0.750 bits per heavy atom. The minimum atomic E-state index is -1.18. The van der Waals surface area contributed by atoms with Crippen LogP contribution in [0.3, 0.4) is 0 Å². The molecule has 0 aliphatic carbocycles. The fraction of sp³-hybridized carbons (Fsp3) is 0.143. The third kappa shape index (κ3) is 2.42. The van der Waals surface area contributed by atoms with Gasteiger partial charge >= 0.3 is 0 Å². The maximum absolute atomic E-state index is 14.1. The highest BCUT2D eigenvalue weighted by atomic mass is 35.5. The molecule has 0 N–H and O–H groups in total. The molecule has 0 aromatic heterocycles. The van der Waals surface area contributed by atoms with E-state index in [4.69, 9.17) is 11.6 Å². The van der Waals surface area contributed by atoms with E-state index in [1.807, 2.05) is 48.5 Å². The van der Waals surface area contributed by atoms with Gasteiger partial charge in [-0.3, -0.25) is 0 Å². The summed E-state index contributed by atoms with van der Waals surface area (Å²) in [7, 11) is 0. The van der Waals surface area contributed by atoms with Gasteiger partial charge in [0.05, 0.1) is 5.38 Å². The second-order valence-electron chi connectivity index (χ2n) is 3.62. The van der Waals surface area contributed by atoms with Crippen LogP contribution in [0.5, 0.6) is 0 Å². The van der Waals surface area contributed by atoms with Crippen molar-refractivity contribution >= 4 is 11.6 Å². The number of alkyl halides is 2. The molecule has 2 unspecified atom stereocenters. The maximum atomic E-state index is 14.1. The van der Waals surface area contributed by atoms with Gasteiger partial charge in [-0.2, -0.15) is 0 Å². The molecule has 2 heteroatoms. The highest BCUT2D eigenvalue weighted by Gasteiger charge is 2.21. The van der Waals surface area contributed by atoms with Crippen LogP contribution in [-0.2, 0) is 0 Å². The van der Waals surface area contributed by atoms with Gasteiger partial charge in [0, 0.05) is 0 Å². The molecule has 2 aromatic carbocycles. The minimum absolute atomic E-state index is 0.617. The fourth-order valence-corrected chi connectivity index (χ4v) is 1.90. The van der Waals surface area contributed by atoms with E-state index in [0.29, 0.717) is 5.56 Å². The van der Waals surface area contributed by atoms with E-state index in [-0.39, 0.29) is 0 Å². The zero-order valence-electron chi connectivity index (χ0n) is 8.68. The van der Waals surface area contributed by atoms with Crippen LogP contribution in [0.1, 0.15) is 22.7 Å². The molecule has 16 heavy (non-hydrogen) atoms. The van der Waals surface area contributed by atoms with Crippen LogP contribution < -0.4 is 0 Å². The molecule has 0 heterocycles. The summed E-state index contributed by atoms with van der Waals surface area (Å²) in [5.41, 5.74) is 1.42. The molecule has 2 aromatic rings. The highest BCUT2D eigenvalue weighted by Crippen LogP contribution is 2.36. The van der Waals surface area contributed by atoms with Crippen LogP contribution in [0.25, 0.3) is 0 Å². The first-order chi connectivity index (χ1) is 7.79. The number of halogens is 2. The third-order valence-corrected chi connectivity index (χ3v) is 2.97. The van der Waals surface area contributed by atoms with Gasteiger partial charge < -0.3 is 0 Å². The van der Waals surface area contributed by atoms with Crippen LogP contribution in [0.4, 0.5) is 4.39 Å². The van der Waals surface area contributed by atoms with Crippen molar-refractivity contribution in [1.29, 1.82) is 0 Å². The summed E-state index contributed by atoms with van der Waals surface area (Å²) >= 11 is 6.12. The molecule has 2 atom stereocenters. The van der Waals surface area contributed by atoms with Crippen molar-refractivity contribution in [2.45, 2.75) is 11.5 Å². The van der Waals surface area contributed by atoms with Gasteiger partial charge in [-0.05, 0) is 11.1 Å². The summed E-state index contributed by atoms with van der Waals surface area (Å²) in [4.78, 5) is 0. The standard InChI is InChI=1S/C14H12ClF/c15-13(11-7-3-1-4-8-11)14(16)12-9-5-2-6-10-12/h1-10,13-14H. The van der Waals surface area contributed by atoms with Crippen LogP contribution >= 0.6 is 11.6 Å². The zero-order chi connectivity index (χ0) is 11.4. The van der Waals surface area contributed by atoms with Crippen LogP contribution in [0.2, 0.25) is 0 Å². The maximum Gasteiger partial charge on any atom is 0.145 e. The normalized spacial score (nSPS) is 14.4. The molecule has 0 bridgehead atoms. The molecule has 0 radical (unpaired) electrons. The predicted octanol–water partition coefficient (Wildman–Crippen LogP) is 4.68. The molecule has 0 amide bonds. The lowest BCUT2D eigenvalue weighted by molar-refractivity contribution is 0.333. The van der Waals surface area contributed by atoms with Gasteiger partial charge in [-0.1, -0.05) is 60.7 Å². The van der Waals surface area contributed by atoms with Crippen LogP contribution in [0.15, 0.2) is 60.7 Å². The van der Waals surface area contributed by atoms with E-state index in [2.05, 4.69) is 0 Å². The average molecular weight is 235 g/mol.